The van der Waals surface area contributed by atoms with Gasteiger partial charge in [0.2, 0.25) is 5.91 Å². The van der Waals surface area contributed by atoms with Crippen molar-refractivity contribution < 1.29 is 23.6 Å². The van der Waals surface area contributed by atoms with Gasteiger partial charge >= 0.3 is 6.80 Å². The van der Waals surface area contributed by atoms with Crippen molar-refractivity contribution in [1.82, 2.24) is 10.6 Å². The van der Waals surface area contributed by atoms with Gasteiger partial charge in [-0.15, -0.1) is 0 Å². The first-order chi connectivity index (χ1) is 16.3. The number of nitrogens with one attached hydrogen (secondary N) is 2. The Morgan fingerprint density at radius 3 is 2.21 bits per heavy atom. The summed E-state index contributed by atoms with van der Waals surface area (Å²) in [5, 5.41) is 5.89. The normalized spacial score (nSPS) is 13.5. The van der Waals surface area contributed by atoms with E-state index >= 15 is 0 Å². The number of carbonyl (C=O) groups excluding carboxylic acids is 2. The van der Waals surface area contributed by atoms with Crippen LogP contribution in [0.2, 0.25) is 5.02 Å². The van der Waals surface area contributed by atoms with Crippen LogP contribution in [0.1, 0.15) is 21.5 Å². The summed E-state index contributed by atoms with van der Waals surface area (Å²) >= 11 is 6.58. The Hall–Kier alpha value is -2.61. The van der Waals surface area contributed by atoms with Gasteiger partial charge in [-0.3, -0.25) is 14.1 Å². The van der Waals surface area contributed by atoms with Crippen LogP contribution < -0.4 is 10.6 Å². The van der Waals surface area contributed by atoms with Crippen molar-refractivity contribution in [2.45, 2.75) is 18.3 Å². The lowest BCUT2D eigenvalue weighted by molar-refractivity contribution is -0.123. The second-order valence-electron chi connectivity index (χ2n) is 7.26. The first-order valence-corrected chi connectivity index (χ1v) is 13.9. The minimum atomic E-state index is -4.10. The van der Waals surface area contributed by atoms with Gasteiger partial charge < -0.3 is 15.5 Å². The molecule has 0 aromatic heterocycles. The highest BCUT2D eigenvalue weighted by atomic mass is 35.5. The maximum absolute atomic E-state index is 12.8. The number of halogens is 1. The number of carbonyl (C=O) groups is 2. The van der Waals surface area contributed by atoms with Crippen LogP contribution in [0.15, 0.2) is 84.9 Å². The van der Waals surface area contributed by atoms with Crippen LogP contribution in [0.25, 0.3) is 0 Å². The maximum atomic E-state index is 12.8. The van der Waals surface area contributed by atoms with Gasteiger partial charge in [0.25, 0.3) is 5.91 Å². The van der Waals surface area contributed by atoms with Gasteiger partial charge in [-0.1, -0.05) is 72.3 Å². The summed E-state index contributed by atoms with van der Waals surface area (Å²) in [6.45, 7) is -4.34. The smallest absolute Gasteiger partial charge is 0.350 e. The highest BCUT2D eigenvalue weighted by Crippen LogP contribution is 2.56. The average Bonchev–Trinajstić information content (AvgIpc) is 2.86. The molecule has 7 nitrogen and oxygen atoms in total. The lowest BCUT2D eigenvalue weighted by atomic mass is 10.2. The molecule has 34 heavy (non-hydrogen) atoms. The number of benzene rings is 3. The average molecular weight is 519 g/mol. The molecule has 2 atom stereocenters. The highest BCUT2D eigenvalue weighted by molar-refractivity contribution is 8.54. The molecule has 178 valence electrons. The van der Waals surface area contributed by atoms with Gasteiger partial charge in [0.1, 0.15) is 6.04 Å². The summed E-state index contributed by atoms with van der Waals surface area (Å²) in [7, 11) is 0. The molecule has 10 heteroatoms. The Bertz CT molecular complexity index is 1130. The van der Waals surface area contributed by atoms with Crippen LogP contribution in [0, 0.1) is 0 Å². The Morgan fingerprint density at radius 1 is 0.941 bits per heavy atom. The van der Waals surface area contributed by atoms with Crippen LogP contribution in [0.3, 0.4) is 0 Å². The fourth-order valence-corrected chi connectivity index (χ4v) is 5.25. The lowest BCUT2D eigenvalue weighted by Crippen LogP contribution is -2.49. The molecule has 1 unspecified atom stereocenters. The van der Waals surface area contributed by atoms with Crippen LogP contribution in [-0.4, -0.2) is 29.4 Å². The quantitative estimate of drug-likeness (QED) is 0.315. The Morgan fingerprint density at radius 2 is 1.56 bits per heavy atom. The predicted molar refractivity (Wildman–Crippen MR) is 135 cm³/mol. The lowest BCUT2D eigenvalue weighted by Gasteiger charge is -2.20. The standard InChI is InChI=1S/C24H24ClN2O5PS/c25-21-13-11-19(12-14-21)17-34-33(30,31)32-16-22(27-23(28)20-9-5-2-6-10-20)24(29)26-15-18-7-3-1-4-8-18/h1-14,22H,15-17H2,(H,26,29)(H,27,28)(H,30,31)/t22-/m0/s1. The molecule has 0 saturated carbocycles. The summed E-state index contributed by atoms with van der Waals surface area (Å²) in [5.74, 6) is -0.812. The Labute approximate surface area is 207 Å². The largest absolute Gasteiger partial charge is 0.386 e. The van der Waals surface area contributed by atoms with E-state index in [1.165, 1.54) is 0 Å². The first-order valence-electron chi connectivity index (χ1n) is 10.4. The second kappa shape index (κ2) is 12.7. The van der Waals surface area contributed by atoms with Gasteiger partial charge in [-0.05, 0) is 46.8 Å². The Kier molecular flexibility index (Phi) is 9.74. The molecule has 0 radical (unpaired) electrons. The van der Waals surface area contributed by atoms with Crippen molar-refractivity contribution in [3.05, 3.63) is 107 Å². The van der Waals surface area contributed by atoms with E-state index in [1.807, 2.05) is 30.3 Å². The van der Waals surface area contributed by atoms with Gasteiger partial charge in [0.15, 0.2) is 0 Å². The SMILES string of the molecule is O=C(N[C@@H](COP(=O)(O)SCc1ccc(Cl)cc1)C(=O)NCc1ccccc1)c1ccccc1. The zero-order valence-electron chi connectivity index (χ0n) is 18.1. The maximum Gasteiger partial charge on any atom is 0.386 e. The summed E-state index contributed by atoms with van der Waals surface area (Å²) < 4.78 is 17.8. The van der Waals surface area contributed by atoms with Crippen LogP contribution in [0.4, 0.5) is 0 Å². The monoisotopic (exact) mass is 518 g/mol. The molecule has 0 spiro atoms. The molecular formula is C24H24ClN2O5PS. The van der Waals surface area contributed by atoms with Crippen molar-refractivity contribution in [2.24, 2.45) is 0 Å². The van der Waals surface area contributed by atoms with E-state index < -0.39 is 31.3 Å². The molecule has 3 aromatic rings. The molecule has 0 aliphatic carbocycles. The highest BCUT2D eigenvalue weighted by Gasteiger charge is 2.27. The van der Waals surface area contributed by atoms with Crippen molar-refractivity contribution in [1.29, 1.82) is 0 Å². The first kappa shape index (κ1) is 26.0. The third-order valence-corrected chi connectivity index (χ3v) is 7.88. The van der Waals surface area contributed by atoms with Crippen LogP contribution in [0.5, 0.6) is 0 Å². The van der Waals surface area contributed by atoms with Gasteiger partial charge in [-0.25, -0.2) is 4.57 Å². The van der Waals surface area contributed by atoms with E-state index in [2.05, 4.69) is 10.6 Å². The van der Waals surface area contributed by atoms with Crippen molar-refractivity contribution in [2.75, 3.05) is 6.61 Å². The van der Waals surface area contributed by atoms with E-state index in [-0.39, 0.29) is 12.3 Å². The molecule has 3 N–H and O–H groups in total. The topological polar surface area (TPSA) is 105 Å². The van der Waals surface area contributed by atoms with Crippen molar-refractivity contribution in [3.8, 4) is 0 Å². The summed E-state index contributed by atoms with van der Waals surface area (Å²) in [4.78, 5) is 35.7. The minimum Gasteiger partial charge on any atom is -0.350 e. The van der Waals surface area contributed by atoms with E-state index in [1.54, 1.807) is 54.6 Å². The van der Waals surface area contributed by atoms with E-state index in [0.29, 0.717) is 10.6 Å². The van der Waals surface area contributed by atoms with Crippen molar-refractivity contribution >= 4 is 41.6 Å². The van der Waals surface area contributed by atoms with Gasteiger partial charge in [0, 0.05) is 22.9 Å². The summed E-state index contributed by atoms with van der Waals surface area (Å²) in [6, 6.07) is 23.3. The molecule has 0 fully saturated rings. The van der Waals surface area contributed by atoms with E-state index in [0.717, 1.165) is 22.5 Å². The van der Waals surface area contributed by atoms with E-state index in [9.17, 15) is 19.0 Å². The number of hydrogen-bond acceptors (Lipinski definition) is 5. The van der Waals surface area contributed by atoms with E-state index in [4.69, 9.17) is 16.1 Å². The molecule has 2 amide bonds. The summed E-state index contributed by atoms with van der Waals surface area (Å²) in [5.41, 5.74) is 2.02. The minimum absolute atomic E-state index is 0.214. The molecule has 0 bridgehead atoms. The Balaban J connectivity index is 1.62. The van der Waals surface area contributed by atoms with Gasteiger partial charge in [-0.2, -0.15) is 0 Å². The second-order valence-corrected chi connectivity index (χ2v) is 11.6. The molecule has 0 saturated heterocycles. The van der Waals surface area contributed by atoms with Gasteiger partial charge in [0.05, 0.1) is 6.61 Å². The van der Waals surface area contributed by atoms with Crippen LogP contribution >= 0.6 is 29.8 Å². The van der Waals surface area contributed by atoms with Crippen molar-refractivity contribution in [3.63, 3.8) is 0 Å². The molecular weight excluding hydrogens is 495 g/mol. The number of rotatable bonds is 11. The van der Waals surface area contributed by atoms with Crippen LogP contribution in [-0.2, 0) is 26.2 Å². The third kappa shape index (κ3) is 8.63. The number of hydrogen-bond donors (Lipinski definition) is 3. The molecule has 0 heterocycles. The molecule has 0 aliphatic rings. The zero-order chi connectivity index (χ0) is 24.4. The number of amides is 2. The summed E-state index contributed by atoms with van der Waals surface area (Å²) in [6.07, 6.45) is 0. The zero-order valence-corrected chi connectivity index (χ0v) is 20.6. The fraction of sp³-hybridized carbons (Fsp3) is 0.167. The third-order valence-electron chi connectivity index (χ3n) is 4.68. The molecule has 3 aromatic carbocycles. The fourth-order valence-electron chi connectivity index (χ4n) is 2.86. The predicted octanol–water partition coefficient (Wildman–Crippen LogP) is 4.81. The molecule has 0 aliphatic heterocycles. The molecule has 3 rings (SSSR count).